The maximum absolute atomic E-state index is 11.3. The SMILES string of the molecule is CCOC(=O)C(=O)C(OC)C(=O)OCC. The molecule has 0 fully saturated rings. The number of carbonyl (C=O) groups is 3. The minimum atomic E-state index is -1.54. The van der Waals surface area contributed by atoms with E-state index in [9.17, 15) is 14.4 Å². The van der Waals surface area contributed by atoms with Crippen LogP contribution in [0.5, 0.6) is 0 Å². The van der Waals surface area contributed by atoms with Crippen LogP contribution in [0.15, 0.2) is 0 Å². The van der Waals surface area contributed by atoms with E-state index in [1.165, 1.54) is 0 Å². The molecule has 0 aromatic rings. The third-order valence-corrected chi connectivity index (χ3v) is 1.45. The van der Waals surface area contributed by atoms with E-state index in [2.05, 4.69) is 14.2 Å². The number of ketones is 1. The number of methoxy groups -OCH3 is 1. The molecule has 6 heteroatoms. The maximum atomic E-state index is 11.3. The fourth-order valence-corrected chi connectivity index (χ4v) is 0.838. The summed E-state index contributed by atoms with van der Waals surface area (Å²) < 4.78 is 13.6. The van der Waals surface area contributed by atoms with Crippen LogP contribution in [0.2, 0.25) is 0 Å². The van der Waals surface area contributed by atoms with Gasteiger partial charge in [-0.1, -0.05) is 0 Å². The second kappa shape index (κ2) is 6.94. The maximum Gasteiger partial charge on any atom is 0.378 e. The zero-order valence-electron chi connectivity index (χ0n) is 8.94. The Kier molecular flexibility index (Phi) is 6.28. The summed E-state index contributed by atoms with van der Waals surface area (Å²) in [5, 5.41) is 0. The molecule has 6 nitrogen and oxygen atoms in total. The second-order valence-corrected chi connectivity index (χ2v) is 2.45. The van der Waals surface area contributed by atoms with Crippen molar-refractivity contribution >= 4 is 17.7 Å². The van der Waals surface area contributed by atoms with Crippen molar-refractivity contribution in [3.05, 3.63) is 0 Å². The minimum Gasteiger partial charge on any atom is -0.464 e. The van der Waals surface area contributed by atoms with E-state index in [0.29, 0.717) is 0 Å². The van der Waals surface area contributed by atoms with Gasteiger partial charge in [-0.25, -0.2) is 9.59 Å². The molecule has 0 aliphatic heterocycles. The van der Waals surface area contributed by atoms with E-state index in [0.717, 1.165) is 7.11 Å². The Morgan fingerprint density at radius 3 is 2.00 bits per heavy atom. The molecule has 0 aliphatic carbocycles. The van der Waals surface area contributed by atoms with Gasteiger partial charge in [0.25, 0.3) is 5.78 Å². The summed E-state index contributed by atoms with van der Waals surface area (Å²) in [5.74, 6) is -3.05. The van der Waals surface area contributed by atoms with Crippen LogP contribution in [0.3, 0.4) is 0 Å². The Balaban J connectivity index is 4.46. The lowest BCUT2D eigenvalue weighted by molar-refractivity contribution is -0.168. The summed E-state index contributed by atoms with van der Waals surface area (Å²) in [5.41, 5.74) is 0. The molecule has 0 saturated heterocycles. The molecule has 0 amide bonds. The fourth-order valence-electron chi connectivity index (χ4n) is 0.838. The van der Waals surface area contributed by atoms with Crippen LogP contribution in [0.25, 0.3) is 0 Å². The van der Waals surface area contributed by atoms with Crippen LogP contribution in [0, 0.1) is 0 Å². The number of carbonyl (C=O) groups excluding carboxylic acids is 3. The first-order valence-corrected chi connectivity index (χ1v) is 4.48. The van der Waals surface area contributed by atoms with Gasteiger partial charge in [-0.15, -0.1) is 0 Å². The minimum absolute atomic E-state index is 0.0594. The van der Waals surface area contributed by atoms with Crippen LogP contribution >= 0.6 is 0 Å². The first-order chi connectivity index (χ1) is 7.08. The summed E-state index contributed by atoms with van der Waals surface area (Å²) in [6, 6.07) is 0. The zero-order valence-corrected chi connectivity index (χ0v) is 8.94. The van der Waals surface area contributed by atoms with E-state index in [1.54, 1.807) is 13.8 Å². The van der Waals surface area contributed by atoms with E-state index < -0.39 is 23.8 Å². The molecule has 1 unspecified atom stereocenters. The van der Waals surface area contributed by atoms with Crippen LogP contribution in [-0.4, -0.2) is 44.1 Å². The summed E-state index contributed by atoms with van der Waals surface area (Å²) in [4.78, 5) is 33.4. The Labute approximate surface area is 87.5 Å². The summed E-state index contributed by atoms with van der Waals surface area (Å²) in [6.45, 7) is 3.30. The van der Waals surface area contributed by atoms with E-state index >= 15 is 0 Å². The Morgan fingerprint density at radius 1 is 1.07 bits per heavy atom. The Hall–Kier alpha value is -1.43. The topological polar surface area (TPSA) is 78.9 Å². The monoisotopic (exact) mass is 218 g/mol. The van der Waals surface area contributed by atoms with Crippen LogP contribution in [0.1, 0.15) is 13.8 Å². The molecule has 0 radical (unpaired) electrons. The smallest absolute Gasteiger partial charge is 0.378 e. The van der Waals surface area contributed by atoms with E-state index in [-0.39, 0.29) is 13.2 Å². The summed E-state index contributed by atoms with van der Waals surface area (Å²) in [6.07, 6.45) is -1.54. The highest BCUT2D eigenvalue weighted by molar-refractivity contribution is 6.39. The van der Waals surface area contributed by atoms with Crippen molar-refractivity contribution in [1.82, 2.24) is 0 Å². The Bertz CT molecular complexity index is 247. The van der Waals surface area contributed by atoms with Crippen LogP contribution in [-0.2, 0) is 28.6 Å². The molecule has 0 saturated carbocycles. The zero-order chi connectivity index (χ0) is 11.8. The first-order valence-electron chi connectivity index (χ1n) is 4.48. The van der Waals surface area contributed by atoms with Crippen molar-refractivity contribution in [3.8, 4) is 0 Å². The molecule has 1 atom stereocenters. The quantitative estimate of drug-likeness (QED) is 0.346. The van der Waals surface area contributed by atoms with Crippen molar-refractivity contribution in [2.45, 2.75) is 20.0 Å². The molecule has 0 aliphatic rings. The van der Waals surface area contributed by atoms with Gasteiger partial charge >= 0.3 is 11.9 Å². The van der Waals surface area contributed by atoms with Crippen LogP contribution in [0.4, 0.5) is 0 Å². The molecule has 0 heterocycles. The van der Waals surface area contributed by atoms with Crippen molar-refractivity contribution < 1.29 is 28.6 Å². The van der Waals surface area contributed by atoms with Crippen molar-refractivity contribution in [2.24, 2.45) is 0 Å². The number of hydrogen-bond acceptors (Lipinski definition) is 6. The molecule has 0 N–H and O–H groups in total. The molecule has 0 bridgehead atoms. The van der Waals surface area contributed by atoms with Gasteiger partial charge in [0.15, 0.2) is 0 Å². The molecular formula is C9H14O6. The molecular weight excluding hydrogens is 204 g/mol. The number of ether oxygens (including phenoxy) is 3. The van der Waals surface area contributed by atoms with Gasteiger partial charge in [0.05, 0.1) is 13.2 Å². The molecule has 0 spiro atoms. The standard InChI is InChI=1S/C9H14O6/c1-4-14-8(11)6(10)7(13-3)9(12)15-5-2/h7H,4-5H2,1-3H3. The average molecular weight is 218 g/mol. The fraction of sp³-hybridized carbons (Fsp3) is 0.667. The first kappa shape index (κ1) is 13.6. The number of rotatable bonds is 6. The van der Waals surface area contributed by atoms with E-state index in [4.69, 9.17) is 0 Å². The molecule has 0 rings (SSSR count). The van der Waals surface area contributed by atoms with E-state index in [1.807, 2.05) is 0 Å². The van der Waals surface area contributed by atoms with Crippen LogP contribution < -0.4 is 0 Å². The Morgan fingerprint density at radius 2 is 1.60 bits per heavy atom. The predicted molar refractivity (Wildman–Crippen MR) is 49.1 cm³/mol. The predicted octanol–water partition coefficient (Wildman–Crippen LogP) is -0.303. The third-order valence-electron chi connectivity index (χ3n) is 1.45. The normalized spacial score (nSPS) is 11.7. The summed E-state index contributed by atoms with van der Waals surface area (Å²) >= 11 is 0. The third kappa shape index (κ3) is 4.07. The highest BCUT2D eigenvalue weighted by atomic mass is 16.6. The number of Topliss-reactive ketones (excluding diaryl/α,β-unsaturated/α-hetero) is 1. The van der Waals surface area contributed by atoms with Gasteiger partial charge in [0.1, 0.15) is 0 Å². The molecule has 15 heavy (non-hydrogen) atoms. The second-order valence-electron chi connectivity index (χ2n) is 2.45. The van der Waals surface area contributed by atoms with Crippen molar-refractivity contribution in [1.29, 1.82) is 0 Å². The highest BCUT2D eigenvalue weighted by Gasteiger charge is 2.33. The van der Waals surface area contributed by atoms with Gasteiger partial charge < -0.3 is 14.2 Å². The number of hydrogen-bond donors (Lipinski definition) is 0. The largest absolute Gasteiger partial charge is 0.464 e. The van der Waals surface area contributed by atoms with Crippen molar-refractivity contribution in [3.63, 3.8) is 0 Å². The number of esters is 2. The lowest BCUT2D eigenvalue weighted by atomic mass is 10.2. The lowest BCUT2D eigenvalue weighted by Gasteiger charge is -2.11. The average Bonchev–Trinajstić information content (AvgIpc) is 2.19. The van der Waals surface area contributed by atoms with Gasteiger partial charge in [-0.2, -0.15) is 0 Å². The van der Waals surface area contributed by atoms with Gasteiger partial charge in [-0.3, -0.25) is 4.79 Å². The molecule has 86 valence electrons. The summed E-state index contributed by atoms with van der Waals surface area (Å²) in [7, 11) is 1.14. The lowest BCUT2D eigenvalue weighted by Crippen LogP contribution is -2.39. The van der Waals surface area contributed by atoms with Gasteiger partial charge in [-0.05, 0) is 13.8 Å². The van der Waals surface area contributed by atoms with Gasteiger partial charge in [0.2, 0.25) is 6.10 Å². The van der Waals surface area contributed by atoms with Crippen molar-refractivity contribution in [2.75, 3.05) is 20.3 Å². The molecule has 0 aromatic heterocycles. The van der Waals surface area contributed by atoms with Gasteiger partial charge in [0, 0.05) is 7.11 Å². The highest BCUT2D eigenvalue weighted by Crippen LogP contribution is 1.98. The molecule has 0 aromatic carbocycles.